The van der Waals surface area contributed by atoms with Crippen LogP contribution in [0.25, 0.3) is 0 Å². The summed E-state index contributed by atoms with van der Waals surface area (Å²) in [4.78, 5) is 12.0. The van der Waals surface area contributed by atoms with E-state index in [1.54, 1.807) is 6.92 Å². The summed E-state index contributed by atoms with van der Waals surface area (Å²) in [5, 5.41) is 13.2. The number of carbonyl (C=O) groups excluding carboxylic acids is 1. The molecule has 0 unspecified atom stereocenters. The molecule has 5 nitrogen and oxygen atoms in total. The number of hydrogen-bond donors (Lipinski definition) is 2. The topological polar surface area (TPSA) is 83.5 Å². The van der Waals surface area contributed by atoms with Gasteiger partial charge in [-0.05, 0) is 44.1 Å². The second kappa shape index (κ2) is 9.51. The van der Waals surface area contributed by atoms with Gasteiger partial charge in [0.2, 0.25) is 5.91 Å². The van der Waals surface area contributed by atoms with E-state index in [1.165, 1.54) is 6.42 Å². The van der Waals surface area contributed by atoms with E-state index >= 15 is 0 Å². The van der Waals surface area contributed by atoms with Crippen molar-refractivity contribution in [2.75, 3.05) is 18.1 Å². The van der Waals surface area contributed by atoms with Crippen LogP contribution in [-0.2, 0) is 21.1 Å². The minimum Gasteiger partial charge on any atom is -0.388 e. The van der Waals surface area contributed by atoms with E-state index in [-0.39, 0.29) is 18.2 Å². The number of benzene rings is 1. The molecule has 26 heavy (non-hydrogen) atoms. The first-order valence-corrected chi connectivity index (χ1v) is 11.3. The van der Waals surface area contributed by atoms with Gasteiger partial charge in [0.25, 0.3) is 0 Å². The highest BCUT2D eigenvalue weighted by atomic mass is 32.2. The van der Waals surface area contributed by atoms with Crippen LogP contribution >= 0.6 is 0 Å². The molecule has 1 amide bonds. The van der Waals surface area contributed by atoms with Gasteiger partial charge in [0.15, 0.2) is 9.84 Å². The highest BCUT2D eigenvalue weighted by Gasteiger charge is 2.33. The van der Waals surface area contributed by atoms with Crippen LogP contribution in [0, 0.1) is 5.92 Å². The summed E-state index contributed by atoms with van der Waals surface area (Å²) in [6.07, 6.45) is 6.49. The predicted octanol–water partition coefficient (Wildman–Crippen LogP) is 2.48. The van der Waals surface area contributed by atoms with Crippen molar-refractivity contribution in [3.63, 3.8) is 0 Å². The molecule has 1 aliphatic rings. The Kier molecular flexibility index (Phi) is 7.65. The minimum absolute atomic E-state index is 0.00562. The first-order chi connectivity index (χ1) is 12.3. The van der Waals surface area contributed by atoms with Gasteiger partial charge in [0.1, 0.15) is 5.75 Å². The minimum atomic E-state index is -3.44. The second-order valence-electron chi connectivity index (χ2n) is 7.65. The summed E-state index contributed by atoms with van der Waals surface area (Å²) in [6.45, 7) is 1.84. The lowest BCUT2D eigenvalue weighted by Gasteiger charge is -2.35. The summed E-state index contributed by atoms with van der Waals surface area (Å²) in [5.74, 6) is -0.878. The zero-order valence-corrected chi connectivity index (χ0v) is 16.4. The molecule has 0 heterocycles. The Bertz CT molecular complexity index is 664. The Morgan fingerprint density at radius 2 is 1.85 bits per heavy atom. The number of sulfone groups is 1. The molecule has 1 fully saturated rings. The molecule has 1 saturated carbocycles. The Hall–Kier alpha value is -1.40. The Morgan fingerprint density at radius 3 is 2.50 bits per heavy atom. The van der Waals surface area contributed by atoms with Crippen molar-refractivity contribution in [3.8, 4) is 0 Å². The van der Waals surface area contributed by atoms with Crippen molar-refractivity contribution >= 4 is 15.7 Å². The fourth-order valence-corrected chi connectivity index (χ4v) is 4.84. The van der Waals surface area contributed by atoms with Crippen LogP contribution in [0.2, 0.25) is 0 Å². The molecular formula is C20H31NO4S. The molecule has 1 aromatic rings. The maximum atomic E-state index is 12.1. The summed E-state index contributed by atoms with van der Waals surface area (Å²) in [6, 6.07) is 9.71. The van der Waals surface area contributed by atoms with Gasteiger partial charge >= 0.3 is 0 Å². The van der Waals surface area contributed by atoms with Gasteiger partial charge < -0.3 is 10.4 Å². The molecule has 0 aliphatic heterocycles. The number of amides is 1. The number of rotatable bonds is 9. The van der Waals surface area contributed by atoms with Gasteiger partial charge in [0, 0.05) is 6.54 Å². The zero-order valence-electron chi connectivity index (χ0n) is 15.6. The number of aryl methyl sites for hydroxylation is 1. The molecule has 2 N–H and O–H groups in total. The Morgan fingerprint density at radius 1 is 1.19 bits per heavy atom. The van der Waals surface area contributed by atoms with Crippen molar-refractivity contribution in [2.45, 2.75) is 57.5 Å². The molecule has 6 heteroatoms. The third kappa shape index (κ3) is 7.08. The smallest absolute Gasteiger partial charge is 0.235 e. The molecule has 2 rings (SSSR count). The van der Waals surface area contributed by atoms with Crippen molar-refractivity contribution in [3.05, 3.63) is 35.9 Å². The quantitative estimate of drug-likeness (QED) is 0.688. The molecule has 0 bridgehead atoms. The molecule has 1 atom stereocenters. The van der Waals surface area contributed by atoms with Gasteiger partial charge in [-0.15, -0.1) is 0 Å². The fourth-order valence-electron chi connectivity index (χ4n) is 3.61. The largest absolute Gasteiger partial charge is 0.388 e. The van der Waals surface area contributed by atoms with E-state index in [2.05, 4.69) is 5.32 Å². The molecule has 0 radical (unpaired) electrons. The molecule has 0 aromatic heterocycles. The third-order valence-electron chi connectivity index (χ3n) is 5.24. The van der Waals surface area contributed by atoms with E-state index in [0.29, 0.717) is 12.8 Å². The second-order valence-corrected chi connectivity index (χ2v) is 9.83. The molecular weight excluding hydrogens is 350 g/mol. The lowest BCUT2D eigenvalue weighted by molar-refractivity contribution is -0.120. The van der Waals surface area contributed by atoms with Crippen LogP contribution in [-0.4, -0.2) is 43.1 Å². The summed E-state index contributed by atoms with van der Waals surface area (Å²) in [5.41, 5.74) is 0.114. The van der Waals surface area contributed by atoms with Crippen molar-refractivity contribution < 1.29 is 18.3 Å². The van der Waals surface area contributed by atoms with E-state index in [1.807, 2.05) is 30.3 Å². The SMILES string of the molecule is C[C@](O)(CNC(=O)CS(=O)(=O)CCCc1ccccc1)C1CCCCC1. The zero-order chi connectivity index (χ0) is 19.0. The highest BCUT2D eigenvalue weighted by molar-refractivity contribution is 7.92. The number of nitrogens with one attached hydrogen (secondary N) is 1. The Labute approximate surface area is 157 Å². The van der Waals surface area contributed by atoms with E-state index in [9.17, 15) is 18.3 Å². The van der Waals surface area contributed by atoms with Crippen LogP contribution in [0.1, 0.15) is 51.0 Å². The maximum Gasteiger partial charge on any atom is 0.235 e. The summed E-state index contributed by atoms with van der Waals surface area (Å²) in [7, 11) is -3.44. The van der Waals surface area contributed by atoms with E-state index < -0.39 is 27.1 Å². The molecule has 0 saturated heterocycles. The number of aliphatic hydroxyl groups is 1. The van der Waals surface area contributed by atoms with Crippen molar-refractivity contribution in [1.29, 1.82) is 0 Å². The first-order valence-electron chi connectivity index (χ1n) is 9.52. The molecule has 0 spiro atoms. The van der Waals surface area contributed by atoms with Crippen LogP contribution in [0.3, 0.4) is 0 Å². The predicted molar refractivity (Wildman–Crippen MR) is 104 cm³/mol. The summed E-state index contributed by atoms with van der Waals surface area (Å²) < 4.78 is 24.3. The van der Waals surface area contributed by atoms with Gasteiger partial charge in [-0.2, -0.15) is 0 Å². The average Bonchev–Trinajstić information content (AvgIpc) is 2.61. The van der Waals surface area contributed by atoms with Gasteiger partial charge in [0.05, 0.1) is 11.4 Å². The van der Waals surface area contributed by atoms with Crippen LogP contribution < -0.4 is 5.32 Å². The highest BCUT2D eigenvalue weighted by Crippen LogP contribution is 2.32. The monoisotopic (exact) mass is 381 g/mol. The summed E-state index contributed by atoms with van der Waals surface area (Å²) >= 11 is 0. The van der Waals surface area contributed by atoms with Gasteiger partial charge in [-0.1, -0.05) is 49.6 Å². The lowest BCUT2D eigenvalue weighted by atomic mass is 9.78. The average molecular weight is 382 g/mol. The third-order valence-corrected chi connectivity index (χ3v) is 6.86. The van der Waals surface area contributed by atoms with Crippen LogP contribution in [0.4, 0.5) is 0 Å². The Balaban J connectivity index is 1.73. The van der Waals surface area contributed by atoms with Gasteiger partial charge in [-0.25, -0.2) is 8.42 Å². The maximum absolute atomic E-state index is 12.1. The van der Waals surface area contributed by atoms with Crippen LogP contribution in [0.5, 0.6) is 0 Å². The fraction of sp³-hybridized carbons (Fsp3) is 0.650. The molecule has 1 aliphatic carbocycles. The van der Waals surface area contributed by atoms with Crippen LogP contribution in [0.15, 0.2) is 30.3 Å². The molecule has 1 aromatic carbocycles. The van der Waals surface area contributed by atoms with Crippen molar-refractivity contribution in [2.24, 2.45) is 5.92 Å². The molecule has 146 valence electrons. The lowest BCUT2D eigenvalue weighted by Crippen LogP contribution is -2.47. The van der Waals surface area contributed by atoms with Gasteiger partial charge in [-0.3, -0.25) is 4.79 Å². The number of hydrogen-bond acceptors (Lipinski definition) is 4. The number of carbonyl (C=O) groups is 1. The normalized spacial score (nSPS) is 18.2. The van der Waals surface area contributed by atoms with E-state index in [4.69, 9.17) is 0 Å². The first kappa shape index (κ1) is 20.9. The van der Waals surface area contributed by atoms with E-state index in [0.717, 1.165) is 31.2 Å². The standard InChI is InChI=1S/C20H31NO4S/c1-20(23,18-12-6-3-7-13-18)16-21-19(22)15-26(24,25)14-8-11-17-9-4-2-5-10-17/h2,4-5,9-10,18,23H,3,6-8,11-16H2,1H3,(H,21,22)/t20-/m0/s1. The van der Waals surface area contributed by atoms with Crippen molar-refractivity contribution in [1.82, 2.24) is 5.32 Å².